The Morgan fingerprint density at radius 2 is 1.70 bits per heavy atom. The van der Waals surface area contributed by atoms with Gasteiger partial charge in [-0.25, -0.2) is 0 Å². The molecule has 2 bridgehead atoms. The molecular weight excluding hydrogens is 254 g/mol. The number of hydrogen-bond donors (Lipinski definition) is 0. The first-order valence-electron chi connectivity index (χ1n) is 6.76. The van der Waals surface area contributed by atoms with E-state index in [9.17, 15) is 9.59 Å². The zero-order valence-electron chi connectivity index (χ0n) is 10.7. The number of imide groups is 1. The molecule has 0 radical (unpaired) electrons. The quantitative estimate of drug-likeness (QED) is 0.460. The van der Waals surface area contributed by atoms with Crippen LogP contribution in [0.2, 0.25) is 0 Å². The molecule has 2 heterocycles. The third-order valence-corrected chi connectivity index (χ3v) is 4.48. The molecule has 0 aromatic carbocycles. The summed E-state index contributed by atoms with van der Waals surface area (Å²) in [5.74, 6) is -0.228. The molecule has 20 heavy (non-hydrogen) atoms. The third-order valence-electron chi connectivity index (χ3n) is 4.48. The summed E-state index contributed by atoms with van der Waals surface area (Å²) >= 11 is 0. The van der Waals surface area contributed by atoms with E-state index >= 15 is 0 Å². The maximum Gasteiger partial charge on any atom is 0.254 e. The number of nitrogens with zero attached hydrogens (tertiary/aromatic N) is 3. The number of hydrogen-bond acceptors (Lipinski definition) is 4. The second kappa shape index (κ2) is 4.10. The summed E-state index contributed by atoms with van der Waals surface area (Å²) in [4.78, 5) is 28.6. The van der Waals surface area contributed by atoms with Gasteiger partial charge in [0.25, 0.3) is 11.8 Å². The number of carbonyl (C=O) groups excluding carboxylic acids is 2. The van der Waals surface area contributed by atoms with Crippen LogP contribution in [0.4, 0.5) is 0 Å². The highest BCUT2D eigenvalue weighted by atomic mass is 16.2. The Kier molecular flexibility index (Phi) is 2.36. The molecule has 1 aromatic heterocycles. The number of aromatic nitrogens is 1. The van der Waals surface area contributed by atoms with Crippen LogP contribution in [0.3, 0.4) is 0 Å². The highest BCUT2D eigenvalue weighted by Crippen LogP contribution is 2.52. The minimum Gasteiger partial charge on any atom is -0.272 e. The molecule has 1 aliphatic heterocycles. The molecule has 1 aromatic rings. The van der Waals surface area contributed by atoms with Gasteiger partial charge in [-0.1, -0.05) is 12.2 Å². The van der Waals surface area contributed by atoms with E-state index in [1.807, 2.05) is 0 Å². The molecule has 100 valence electrons. The Morgan fingerprint density at radius 1 is 1.10 bits per heavy atom. The van der Waals surface area contributed by atoms with Crippen molar-refractivity contribution in [1.82, 2.24) is 9.99 Å². The summed E-state index contributed by atoms with van der Waals surface area (Å²) in [6, 6.07) is 3.56. The van der Waals surface area contributed by atoms with Gasteiger partial charge in [0.2, 0.25) is 0 Å². The Balaban J connectivity index is 1.61. The molecule has 4 atom stereocenters. The van der Waals surface area contributed by atoms with Gasteiger partial charge in [-0.05, 0) is 36.0 Å². The zero-order chi connectivity index (χ0) is 13.7. The first-order valence-corrected chi connectivity index (χ1v) is 6.76. The van der Waals surface area contributed by atoms with Crippen molar-refractivity contribution >= 4 is 18.0 Å². The molecular formula is C15H13N3O2. The van der Waals surface area contributed by atoms with Gasteiger partial charge >= 0.3 is 0 Å². The van der Waals surface area contributed by atoms with Crippen LogP contribution in [0.25, 0.3) is 0 Å². The predicted molar refractivity (Wildman–Crippen MR) is 71.4 cm³/mol. The van der Waals surface area contributed by atoms with Crippen molar-refractivity contribution in [2.24, 2.45) is 28.8 Å². The summed E-state index contributed by atoms with van der Waals surface area (Å²) in [6.45, 7) is 0. The minimum atomic E-state index is -0.188. The molecule has 4 unspecified atom stereocenters. The normalized spacial score (nSPS) is 34.5. The maximum atomic E-state index is 12.4. The molecule has 0 N–H and O–H groups in total. The number of carbonyl (C=O) groups is 2. The zero-order valence-corrected chi connectivity index (χ0v) is 10.7. The SMILES string of the molecule is O=C1C2C3C=CC(C3)C2C(=O)N1N=Cc1ccncc1. The largest absolute Gasteiger partial charge is 0.272 e. The number of pyridine rings is 1. The van der Waals surface area contributed by atoms with Gasteiger partial charge in [0.15, 0.2) is 0 Å². The molecule has 5 nitrogen and oxygen atoms in total. The van der Waals surface area contributed by atoms with E-state index in [2.05, 4.69) is 22.2 Å². The summed E-state index contributed by atoms with van der Waals surface area (Å²) in [5.41, 5.74) is 0.818. The topological polar surface area (TPSA) is 62.6 Å². The summed E-state index contributed by atoms with van der Waals surface area (Å²) < 4.78 is 0. The van der Waals surface area contributed by atoms with Crippen molar-refractivity contribution in [2.45, 2.75) is 6.42 Å². The molecule has 2 fully saturated rings. The number of hydrazone groups is 1. The predicted octanol–water partition coefficient (Wildman–Crippen LogP) is 1.22. The smallest absolute Gasteiger partial charge is 0.254 e. The van der Waals surface area contributed by atoms with Crippen molar-refractivity contribution < 1.29 is 9.59 Å². The Bertz CT molecular complexity index is 608. The third kappa shape index (κ3) is 1.49. The molecule has 0 spiro atoms. The van der Waals surface area contributed by atoms with Crippen LogP contribution in [-0.4, -0.2) is 28.0 Å². The molecule has 5 heteroatoms. The number of allylic oxidation sites excluding steroid dienone is 2. The van der Waals surface area contributed by atoms with Crippen LogP contribution < -0.4 is 0 Å². The number of amides is 2. The van der Waals surface area contributed by atoms with Gasteiger partial charge in [-0.15, -0.1) is 0 Å². The molecule has 1 saturated carbocycles. The second-order valence-corrected chi connectivity index (χ2v) is 5.51. The molecule has 2 amide bonds. The minimum absolute atomic E-state index is 0.151. The number of rotatable bonds is 2. The van der Waals surface area contributed by atoms with Crippen LogP contribution in [0.1, 0.15) is 12.0 Å². The first kappa shape index (κ1) is 11.5. The van der Waals surface area contributed by atoms with Crippen molar-refractivity contribution in [2.75, 3.05) is 0 Å². The van der Waals surface area contributed by atoms with Crippen LogP contribution in [0.15, 0.2) is 41.8 Å². The van der Waals surface area contributed by atoms with E-state index < -0.39 is 0 Å². The van der Waals surface area contributed by atoms with Crippen LogP contribution in [-0.2, 0) is 9.59 Å². The maximum absolute atomic E-state index is 12.4. The lowest BCUT2D eigenvalue weighted by molar-refractivity contribution is -0.140. The van der Waals surface area contributed by atoms with Gasteiger partial charge in [-0.3, -0.25) is 14.6 Å². The average molecular weight is 267 g/mol. The van der Waals surface area contributed by atoms with Crippen molar-refractivity contribution in [3.05, 3.63) is 42.2 Å². The van der Waals surface area contributed by atoms with E-state index in [1.165, 1.54) is 6.21 Å². The Hall–Kier alpha value is -2.30. The highest BCUT2D eigenvalue weighted by Gasteiger charge is 2.59. The summed E-state index contributed by atoms with van der Waals surface area (Å²) in [7, 11) is 0. The standard InChI is InChI=1S/C15H13N3O2/c19-14-12-10-1-2-11(7-10)13(12)15(20)18(14)17-8-9-3-5-16-6-4-9/h1-6,8,10-13H,7H2. The van der Waals surface area contributed by atoms with Crippen LogP contribution in [0.5, 0.6) is 0 Å². The van der Waals surface area contributed by atoms with Crippen molar-refractivity contribution in [3.8, 4) is 0 Å². The molecule has 3 aliphatic rings. The van der Waals surface area contributed by atoms with Gasteiger partial charge in [0.1, 0.15) is 0 Å². The van der Waals surface area contributed by atoms with Gasteiger partial charge in [0.05, 0.1) is 18.1 Å². The average Bonchev–Trinajstić information content (AvgIpc) is 3.13. The lowest BCUT2D eigenvalue weighted by atomic mass is 9.85. The fraction of sp³-hybridized carbons (Fsp3) is 0.333. The molecule has 1 saturated heterocycles. The monoisotopic (exact) mass is 267 g/mol. The summed E-state index contributed by atoms with van der Waals surface area (Å²) in [6.07, 6.45) is 9.92. The van der Waals surface area contributed by atoms with Crippen molar-refractivity contribution in [1.29, 1.82) is 0 Å². The Labute approximate surface area is 116 Å². The highest BCUT2D eigenvalue weighted by molar-refractivity contribution is 6.06. The van der Waals surface area contributed by atoms with E-state index in [4.69, 9.17) is 0 Å². The van der Waals surface area contributed by atoms with Gasteiger partial charge < -0.3 is 0 Å². The van der Waals surface area contributed by atoms with Crippen molar-refractivity contribution in [3.63, 3.8) is 0 Å². The van der Waals surface area contributed by atoms with Crippen LogP contribution >= 0.6 is 0 Å². The first-order chi connectivity index (χ1) is 9.75. The Morgan fingerprint density at radius 3 is 2.30 bits per heavy atom. The number of fused-ring (bicyclic) bond motifs is 5. The molecule has 2 aliphatic carbocycles. The van der Waals surface area contributed by atoms with E-state index in [0.29, 0.717) is 0 Å². The fourth-order valence-electron chi connectivity index (χ4n) is 3.57. The van der Waals surface area contributed by atoms with Gasteiger partial charge in [0, 0.05) is 12.4 Å². The fourth-order valence-corrected chi connectivity index (χ4v) is 3.57. The lowest BCUT2D eigenvalue weighted by Gasteiger charge is -2.13. The van der Waals surface area contributed by atoms with Gasteiger partial charge in [-0.2, -0.15) is 10.1 Å². The second-order valence-electron chi connectivity index (χ2n) is 5.51. The van der Waals surface area contributed by atoms with E-state index in [-0.39, 0.29) is 35.5 Å². The van der Waals surface area contributed by atoms with Crippen LogP contribution in [0, 0.1) is 23.7 Å². The lowest BCUT2D eigenvalue weighted by Crippen LogP contribution is -2.28. The summed E-state index contributed by atoms with van der Waals surface area (Å²) in [5, 5.41) is 5.15. The van der Waals surface area contributed by atoms with E-state index in [0.717, 1.165) is 17.0 Å². The van der Waals surface area contributed by atoms with E-state index in [1.54, 1.807) is 24.5 Å². The molecule has 4 rings (SSSR count).